The molecule has 3 aromatic rings. The first-order valence-electron chi connectivity index (χ1n) is 6.91. The van der Waals surface area contributed by atoms with E-state index in [1.165, 1.54) is 5.56 Å². The summed E-state index contributed by atoms with van der Waals surface area (Å²) in [5.41, 5.74) is 3.08. The highest BCUT2D eigenvalue weighted by atomic mass is 16.5. The molecule has 1 heterocycles. The van der Waals surface area contributed by atoms with Crippen molar-refractivity contribution in [3.05, 3.63) is 65.4 Å². The summed E-state index contributed by atoms with van der Waals surface area (Å²) in [7, 11) is 0. The van der Waals surface area contributed by atoms with E-state index in [1.54, 1.807) is 6.20 Å². The molecule has 3 nitrogen and oxygen atoms in total. The Hall–Kier alpha value is -2.39. The van der Waals surface area contributed by atoms with Crippen LogP contribution in [0.4, 0.5) is 0 Å². The summed E-state index contributed by atoms with van der Waals surface area (Å²) < 4.78 is 5.98. The SMILES string of the molecule is Cc1ccc(Oc2ncc(CO)c3ccccc23)c(C)c1. The number of benzene rings is 2. The maximum atomic E-state index is 9.41. The Morgan fingerprint density at radius 2 is 1.81 bits per heavy atom. The van der Waals surface area contributed by atoms with E-state index < -0.39 is 0 Å². The molecule has 0 radical (unpaired) electrons. The van der Waals surface area contributed by atoms with Crippen LogP contribution in [0.25, 0.3) is 10.8 Å². The molecule has 106 valence electrons. The van der Waals surface area contributed by atoms with Gasteiger partial charge in [0, 0.05) is 17.1 Å². The van der Waals surface area contributed by atoms with Gasteiger partial charge in [0.15, 0.2) is 0 Å². The molecule has 3 heteroatoms. The van der Waals surface area contributed by atoms with E-state index in [-0.39, 0.29) is 6.61 Å². The van der Waals surface area contributed by atoms with Crippen LogP contribution in [0, 0.1) is 13.8 Å². The van der Waals surface area contributed by atoms with Crippen molar-refractivity contribution in [2.75, 3.05) is 0 Å². The van der Waals surface area contributed by atoms with Gasteiger partial charge in [-0.2, -0.15) is 0 Å². The van der Waals surface area contributed by atoms with E-state index in [2.05, 4.69) is 18.0 Å². The molecule has 0 unspecified atom stereocenters. The molecule has 2 aromatic carbocycles. The van der Waals surface area contributed by atoms with Crippen molar-refractivity contribution >= 4 is 10.8 Å². The fourth-order valence-corrected chi connectivity index (χ4v) is 2.45. The van der Waals surface area contributed by atoms with Gasteiger partial charge in [0.05, 0.1) is 6.61 Å². The molecule has 0 saturated carbocycles. The Kier molecular flexibility index (Phi) is 3.59. The van der Waals surface area contributed by atoms with Crippen LogP contribution in [-0.4, -0.2) is 10.1 Å². The van der Waals surface area contributed by atoms with Gasteiger partial charge in [-0.25, -0.2) is 4.98 Å². The number of fused-ring (bicyclic) bond motifs is 1. The van der Waals surface area contributed by atoms with Crippen molar-refractivity contribution in [1.82, 2.24) is 4.98 Å². The van der Waals surface area contributed by atoms with Crippen LogP contribution in [-0.2, 0) is 6.61 Å². The molecule has 0 amide bonds. The average Bonchev–Trinajstić information content (AvgIpc) is 2.50. The highest BCUT2D eigenvalue weighted by Crippen LogP contribution is 2.31. The Morgan fingerprint density at radius 3 is 2.52 bits per heavy atom. The molecule has 0 aliphatic carbocycles. The quantitative estimate of drug-likeness (QED) is 0.783. The van der Waals surface area contributed by atoms with Crippen LogP contribution in [0.1, 0.15) is 16.7 Å². The van der Waals surface area contributed by atoms with Gasteiger partial charge in [-0.15, -0.1) is 0 Å². The molecule has 0 saturated heterocycles. The number of aliphatic hydroxyl groups is 1. The minimum atomic E-state index is -0.0304. The third kappa shape index (κ3) is 2.60. The van der Waals surface area contributed by atoms with Gasteiger partial charge in [0.25, 0.3) is 0 Å². The number of ether oxygens (including phenoxy) is 1. The second-order valence-electron chi connectivity index (χ2n) is 5.16. The van der Waals surface area contributed by atoms with E-state index in [1.807, 2.05) is 43.3 Å². The number of aryl methyl sites for hydroxylation is 2. The van der Waals surface area contributed by atoms with Crippen LogP contribution in [0.2, 0.25) is 0 Å². The Bertz CT molecular complexity index is 796. The zero-order valence-electron chi connectivity index (χ0n) is 12.1. The smallest absolute Gasteiger partial charge is 0.227 e. The summed E-state index contributed by atoms with van der Waals surface area (Å²) in [5, 5.41) is 11.3. The predicted octanol–water partition coefficient (Wildman–Crippen LogP) is 4.14. The zero-order valence-corrected chi connectivity index (χ0v) is 12.1. The van der Waals surface area contributed by atoms with E-state index in [0.29, 0.717) is 5.88 Å². The highest BCUT2D eigenvalue weighted by Gasteiger charge is 2.09. The lowest BCUT2D eigenvalue weighted by molar-refractivity contribution is 0.282. The number of nitrogens with zero attached hydrogens (tertiary/aromatic N) is 1. The Balaban J connectivity index is 2.09. The molecule has 0 bridgehead atoms. The minimum Gasteiger partial charge on any atom is -0.438 e. The monoisotopic (exact) mass is 279 g/mol. The molecule has 0 atom stereocenters. The summed E-state index contributed by atoms with van der Waals surface area (Å²) in [6.45, 7) is 4.05. The normalized spacial score (nSPS) is 10.8. The lowest BCUT2D eigenvalue weighted by Crippen LogP contribution is -1.95. The van der Waals surface area contributed by atoms with Gasteiger partial charge in [0.2, 0.25) is 5.88 Å². The number of pyridine rings is 1. The first-order valence-corrected chi connectivity index (χ1v) is 6.91. The van der Waals surface area contributed by atoms with E-state index >= 15 is 0 Å². The molecule has 0 aliphatic heterocycles. The molecule has 1 N–H and O–H groups in total. The van der Waals surface area contributed by atoms with Gasteiger partial charge in [-0.1, -0.05) is 35.9 Å². The summed E-state index contributed by atoms with van der Waals surface area (Å²) >= 11 is 0. The summed E-state index contributed by atoms with van der Waals surface area (Å²) in [6.07, 6.45) is 1.67. The van der Waals surface area contributed by atoms with Crippen molar-refractivity contribution in [3.8, 4) is 11.6 Å². The highest BCUT2D eigenvalue weighted by molar-refractivity contribution is 5.89. The maximum Gasteiger partial charge on any atom is 0.227 e. The van der Waals surface area contributed by atoms with Crippen molar-refractivity contribution in [2.24, 2.45) is 0 Å². The minimum absolute atomic E-state index is 0.0304. The lowest BCUT2D eigenvalue weighted by Gasteiger charge is -2.12. The maximum absolute atomic E-state index is 9.41. The number of hydrogen-bond acceptors (Lipinski definition) is 3. The van der Waals surface area contributed by atoms with Crippen LogP contribution in [0.5, 0.6) is 11.6 Å². The molecular formula is C18H17NO2. The van der Waals surface area contributed by atoms with Gasteiger partial charge in [0.1, 0.15) is 5.75 Å². The molecule has 21 heavy (non-hydrogen) atoms. The second kappa shape index (κ2) is 5.54. The van der Waals surface area contributed by atoms with Gasteiger partial charge < -0.3 is 9.84 Å². The Morgan fingerprint density at radius 1 is 1.05 bits per heavy atom. The predicted molar refractivity (Wildman–Crippen MR) is 83.7 cm³/mol. The zero-order chi connectivity index (χ0) is 14.8. The number of rotatable bonds is 3. The summed E-state index contributed by atoms with van der Waals surface area (Å²) in [5.74, 6) is 1.37. The topological polar surface area (TPSA) is 42.4 Å². The number of aliphatic hydroxyl groups excluding tert-OH is 1. The fourth-order valence-electron chi connectivity index (χ4n) is 2.45. The van der Waals surface area contributed by atoms with Crippen molar-refractivity contribution in [3.63, 3.8) is 0 Å². The number of aromatic nitrogens is 1. The third-order valence-electron chi connectivity index (χ3n) is 3.55. The summed E-state index contributed by atoms with van der Waals surface area (Å²) in [6, 6.07) is 13.9. The molecule has 0 spiro atoms. The first kappa shape index (κ1) is 13.6. The van der Waals surface area contributed by atoms with Crippen LogP contribution < -0.4 is 4.74 Å². The molecule has 1 aromatic heterocycles. The van der Waals surface area contributed by atoms with Crippen molar-refractivity contribution in [2.45, 2.75) is 20.5 Å². The van der Waals surface area contributed by atoms with Crippen LogP contribution in [0.3, 0.4) is 0 Å². The second-order valence-corrected chi connectivity index (χ2v) is 5.16. The molecular weight excluding hydrogens is 262 g/mol. The summed E-state index contributed by atoms with van der Waals surface area (Å²) in [4.78, 5) is 4.35. The number of hydrogen-bond donors (Lipinski definition) is 1. The van der Waals surface area contributed by atoms with Crippen LogP contribution >= 0.6 is 0 Å². The van der Waals surface area contributed by atoms with Gasteiger partial charge >= 0.3 is 0 Å². The van der Waals surface area contributed by atoms with E-state index in [9.17, 15) is 5.11 Å². The largest absolute Gasteiger partial charge is 0.438 e. The Labute approximate surface area is 123 Å². The van der Waals surface area contributed by atoms with Crippen molar-refractivity contribution < 1.29 is 9.84 Å². The van der Waals surface area contributed by atoms with Crippen molar-refractivity contribution in [1.29, 1.82) is 0 Å². The molecule has 0 aliphatic rings. The lowest BCUT2D eigenvalue weighted by atomic mass is 10.1. The molecule has 3 rings (SSSR count). The third-order valence-corrected chi connectivity index (χ3v) is 3.55. The van der Waals surface area contributed by atoms with E-state index in [0.717, 1.165) is 27.6 Å². The van der Waals surface area contributed by atoms with Gasteiger partial charge in [-0.05, 0) is 36.9 Å². The standard InChI is InChI=1S/C18H17NO2/c1-12-7-8-17(13(2)9-12)21-18-16-6-4-3-5-15(16)14(11-20)10-19-18/h3-10,20H,11H2,1-2H3. The van der Waals surface area contributed by atoms with E-state index in [4.69, 9.17) is 4.74 Å². The fraction of sp³-hybridized carbons (Fsp3) is 0.167. The van der Waals surface area contributed by atoms with Gasteiger partial charge in [-0.3, -0.25) is 0 Å². The average molecular weight is 279 g/mol. The van der Waals surface area contributed by atoms with Crippen LogP contribution in [0.15, 0.2) is 48.7 Å². The first-order chi connectivity index (χ1) is 10.2. The molecule has 0 fully saturated rings.